The summed E-state index contributed by atoms with van der Waals surface area (Å²) < 4.78 is 7.23. The number of aryl methyl sites for hydroxylation is 1. The van der Waals surface area contributed by atoms with Gasteiger partial charge >= 0.3 is 5.97 Å². The van der Waals surface area contributed by atoms with Crippen LogP contribution in [0, 0.1) is 0 Å². The van der Waals surface area contributed by atoms with Gasteiger partial charge in [0.2, 0.25) is 5.52 Å². The molecule has 2 aromatic rings. The molecule has 3 nitrogen and oxygen atoms in total. The topological polar surface area (TPSA) is 30.2 Å². The molecule has 0 amide bonds. The third kappa shape index (κ3) is 3.89. The Morgan fingerprint density at radius 1 is 1.32 bits per heavy atom. The summed E-state index contributed by atoms with van der Waals surface area (Å²) in [6.45, 7) is 2.57. The molecule has 0 aliphatic rings. The largest absolute Gasteiger partial charge is 1.00 e. The highest BCUT2D eigenvalue weighted by Crippen LogP contribution is 2.13. The monoisotopic (exact) mass is 371 g/mol. The van der Waals surface area contributed by atoms with Crippen LogP contribution in [0.5, 0.6) is 0 Å². The molecule has 0 atom stereocenters. The number of carbonyl (C=O) groups excluding carboxylic acids is 1. The number of hydrogen-bond donors (Lipinski definition) is 0. The van der Waals surface area contributed by atoms with E-state index in [-0.39, 0.29) is 29.9 Å². The number of benzene rings is 1. The molecule has 0 radical (unpaired) electrons. The molecule has 19 heavy (non-hydrogen) atoms. The number of nitrogens with zero attached hydrogens (tertiary/aromatic N) is 1. The zero-order chi connectivity index (χ0) is 13.0. The van der Waals surface area contributed by atoms with Crippen LogP contribution >= 0.6 is 0 Å². The van der Waals surface area contributed by atoms with E-state index in [0.717, 1.165) is 23.7 Å². The van der Waals surface area contributed by atoms with Crippen molar-refractivity contribution in [2.75, 3.05) is 6.61 Å². The molecule has 0 aliphatic carbocycles. The smallest absolute Gasteiger partial charge is 0.338 e. The lowest BCUT2D eigenvalue weighted by Crippen LogP contribution is -3.00. The van der Waals surface area contributed by atoms with Crippen molar-refractivity contribution in [3.05, 3.63) is 42.1 Å². The van der Waals surface area contributed by atoms with Crippen molar-refractivity contribution in [1.82, 2.24) is 0 Å². The molecule has 0 N–H and O–H groups in total. The Labute approximate surface area is 130 Å². The minimum absolute atomic E-state index is 0. The molecule has 0 unspecified atom stereocenters. The zero-order valence-corrected chi connectivity index (χ0v) is 13.4. The van der Waals surface area contributed by atoms with Crippen LogP contribution in [0.15, 0.2) is 36.5 Å². The van der Waals surface area contributed by atoms with Crippen LogP contribution < -0.4 is 28.5 Å². The average molecular weight is 371 g/mol. The maximum Gasteiger partial charge on any atom is 0.338 e. The second kappa shape index (κ2) is 7.43. The van der Waals surface area contributed by atoms with Gasteiger partial charge in [0.05, 0.1) is 12.2 Å². The first kappa shape index (κ1) is 15.9. The molecule has 102 valence electrons. The highest BCUT2D eigenvalue weighted by molar-refractivity contribution is 5.93. The highest BCUT2D eigenvalue weighted by atomic mass is 127. The maximum atomic E-state index is 11.8. The molecule has 0 fully saturated rings. The van der Waals surface area contributed by atoms with E-state index in [4.69, 9.17) is 4.74 Å². The second-order valence-electron chi connectivity index (χ2n) is 4.38. The number of unbranched alkanes of at least 4 members (excludes halogenated alkanes) is 1. The summed E-state index contributed by atoms with van der Waals surface area (Å²) >= 11 is 0. The van der Waals surface area contributed by atoms with Crippen molar-refractivity contribution in [1.29, 1.82) is 0 Å². The molecule has 1 aromatic heterocycles. The molecule has 2 rings (SSSR count). The minimum atomic E-state index is -0.239. The first-order valence-electron chi connectivity index (χ1n) is 6.28. The van der Waals surface area contributed by atoms with Crippen molar-refractivity contribution in [2.24, 2.45) is 7.05 Å². The number of halogens is 1. The normalized spacial score (nSPS) is 10.0. The standard InChI is InChI=1S/C15H18NO2.HI/c1-3-4-10-18-15(17)13-7-8-14-12(11-13)6-5-9-16(14)2;/h5-9,11H,3-4,10H2,1-2H3;1H/q+1;/p-1. The van der Waals surface area contributed by atoms with E-state index in [1.54, 1.807) is 0 Å². The number of pyridine rings is 1. The summed E-state index contributed by atoms with van der Waals surface area (Å²) in [6.07, 6.45) is 3.93. The second-order valence-corrected chi connectivity index (χ2v) is 4.38. The summed E-state index contributed by atoms with van der Waals surface area (Å²) in [4.78, 5) is 11.8. The number of rotatable bonds is 4. The van der Waals surface area contributed by atoms with Crippen LogP contribution in [0.3, 0.4) is 0 Å². The number of ether oxygens (including phenoxy) is 1. The lowest BCUT2D eigenvalue weighted by Gasteiger charge is -2.04. The van der Waals surface area contributed by atoms with Gasteiger partial charge < -0.3 is 28.7 Å². The Bertz CT molecular complexity index is 569. The number of fused-ring (bicyclic) bond motifs is 1. The first-order valence-corrected chi connectivity index (χ1v) is 6.28. The Morgan fingerprint density at radius 2 is 2.11 bits per heavy atom. The van der Waals surface area contributed by atoms with Gasteiger partial charge in [-0.3, -0.25) is 0 Å². The third-order valence-corrected chi connectivity index (χ3v) is 2.96. The Balaban J connectivity index is 0.00000180. The molecular formula is C15H18INO2. The molecule has 4 heteroatoms. The van der Waals surface area contributed by atoms with Crippen LogP contribution in [0.25, 0.3) is 10.9 Å². The average Bonchev–Trinajstić information content (AvgIpc) is 2.39. The molecule has 1 aromatic carbocycles. The molecule has 0 saturated heterocycles. The van der Waals surface area contributed by atoms with E-state index < -0.39 is 0 Å². The number of aromatic nitrogens is 1. The van der Waals surface area contributed by atoms with Crippen LogP contribution in [0.2, 0.25) is 0 Å². The Morgan fingerprint density at radius 3 is 2.84 bits per heavy atom. The van der Waals surface area contributed by atoms with Crippen LogP contribution in [-0.4, -0.2) is 12.6 Å². The maximum absolute atomic E-state index is 11.8. The van der Waals surface area contributed by atoms with Crippen molar-refractivity contribution >= 4 is 16.9 Å². The van der Waals surface area contributed by atoms with Gasteiger partial charge in [0.25, 0.3) is 0 Å². The van der Waals surface area contributed by atoms with Gasteiger partial charge in [0, 0.05) is 17.5 Å². The Hall–Kier alpha value is -1.17. The number of hydrogen-bond acceptors (Lipinski definition) is 2. The lowest BCUT2D eigenvalue weighted by molar-refractivity contribution is -0.644. The van der Waals surface area contributed by atoms with Gasteiger partial charge in [-0.1, -0.05) is 13.3 Å². The Kier molecular flexibility index (Phi) is 6.21. The zero-order valence-electron chi connectivity index (χ0n) is 11.2. The van der Waals surface area contributed by atoms with Gasteiger partial charge in [-0.15, -0.1) is 0 Å². The third-order valence-electron chi connectivity index (χ3n) is 2.96. The molecule has 0 spiro atoms. The van der Waals surface area contributed by atoms with Gasteiger partial charge in [-0.2, -0.15) is 0 Å². The van der Waals surface area contributed by atoms with E-state index in [1.165, 1.54) is 0 Å². The van der Waals surface area contributed by atoms with Gasteiger partial charge in [-0.05, 0) is 24.6 Å². The van der Waals surface area contributed by atoms with Crippen LogP contribution in [-0.2, 0) is 11.8 Å². The lowest BCUT2D eigenvalue weighted by atomic mass is 10.1. The van der Waals surface area contributed by atoms with Gasteiger partial charge in [-0.25, -0.2) is 9.36 Å². The molecular weight excluding hydrogens is 353 g/mol. The van der Waals surface area contributed by atoms with E-state index in [0.29, 0.717) is 12.2 Å². The van der Waals surface area contributed by atoms with Crippen LogP contribution in [0.1, 0.15) is 30.1 Å². The van der Waals surface area contributed by atoms with Crippen molar-refractivity contribution in [3.63, 3.8) is 0 Å². The summed E-state index contributed by atoms with van der Waals surface area (Å²) in [6, 6.07) is 9.61. The van der Waals surface area contributed by atoms with Crippen molar-refractivity contribution in [3.8, 4) is 0 Å². The summed E-state index contributed by atoms with van der Waals surface area (Å²) in [5.41, 5.74) is 1.72. The first-order chi connectivity index (χ1) is 8.72. The predicted molar refractivity (Wildman–Crippen MR) is 70.3 cm³/mol. The number of esters is 1. The summed E-state index contributed by atoms with van der Waals surface area (Å²) in [5, 5.41) is 1.05. The highest BCUT2D eigenvalue weighted by Gasteiger charge is 2.10. The molecule has 1 heterocycles. The van der Waals surface area contributed by atoms with Crippen LogP contribution in [0.4, 0.5) is 0 Å². The van der Waals surface area contributed by atoms with Crippen molar-refractivity contribution < 1.29 is 38.1 Å². The SMILES string of the molecule is CCCCOC(=O)c1ccc2c(ccc[n+]2C)c1.[I-]. The van der Waals surface area contributed by atoms with E-state index in [1.807, 2.05) is 48.1 Å². The van der Waals surface area contributed by atoms with E-state index in [2.05, 4.69) is 6.92 Å². The quantitative estimate of drug-likeness (QED) is 0.318. The summed E-state index contributed by atoms with van der Waals surface area (Å²) in [5.74, 6) is -0.239. The van der Waals surface area contributed by atoms with Gasteiger partial charge in [0.1, 0.15) is 7.05 Å². The van der Waals surface area contributed by atoms with E-state index >= 15 is 0 Å². The minimum Gasteiger partial charge on any atom is -1.00 e. The summed E-state index contributed by atoms with van der Waals surface area (Å²) in [7, 11) is 1.99. The fraction of sp³-hybridized carbons (Fsp3) is 0.333. The van der Waals surface area contributed by atoms with Crippen molar-refractivity contribution in [2.45, 2.75) is 19.8 Å². The van der Waals surface area contributed by atoms with Gasteiger partial charge in [0.15, 0.2) is 6.20 Å². The molecule has 0 bridgehead atoms. The fourth-order valence-corrected chi connectivity index (χ4v) is 1.88. The number of carbonyl (C=O) groups is 1. The van der Waals surface area contributed by atoms with E-state index in [9.17, 15) is 4.79 Å². The molecule has 0 aliphatic heterocycles. The fourth-order valence-electron chi connectivity index (χ4n) is 1.88. The predicted octanol–water partition coefficient (Wildman–Crippen LogP) is -0.375. The molecule has 0 saturated carbocycles.